The van der Waals surface area contributed by atoms with E-state index in [4.69, 9.17) is 21.1 Å². The molecule has 1 heterocycles. The number of aromatic amines is 1. The van der Waals surface area contributed by atoms with Crippen molar-refractivity contribution in [1.82, 2.24) is 15.2 Å². The van der Waals surface area contributed by atoms with Gasteiger partial charge in [0.15, 0.2) is 11.5 Å². The molecule has 0 bridgehead atoms. The fraction of sp³-hybridized carbons (Fsp3) is 0.429. The van der Waals surface area contributed by atoms with Crippen molar-refractivity contribution in [3.8, 4) is 11.5 Å². The normalized spacial score (nSPS) is 10.4. The Bertz CT molecular complexity index is 560. The van der Waals surface area contributed by atoms with Crippen molar-refractivity contribution in [1.29, 1.82) is 0 Å². The molecule has 7 heteroatoms. The molecule has 0 amide bonds. The lowest BCUT2D eigenvalue weighted by Gasteiger charge is -2.14. The summed E-state index contributed by atoms with van der Waals surface area (Å²) < 4.78 is 11.3. The number of rotatable bonds is 8. The molecule has 1 aromatic heterocycles. The first-order valence-corrected chi connectivity index (χ1v) is 7.29. The maximum atomic E-state index is 6.30. The number of hydrogen-bond donors (Lipinski definition) is 2. The summed E-state index contributed by atoms with van der Waals surface area (Å²) >= 11 is 6.30. The molecule has 0 unspecified atom stereocenters. The average Bonchev–Trinajstić information content (AvgIpc) is 2.99. The molecule has 21 heavy (non-hydrogen) atoms. The van der Waals surface area contributed by atoms with Crippen LogP contribution < -0.4 is 14.8 Å². The van der Waals surface area contributed by atoms with E-state index in [2.05, 4.69) is 27.4 Å². The summed E-state index contributed by atoms with van der Waals surface area (Å²) in [6.45, 7) is 5.70. The summed E-state index contributed by atoms with van der Waals surface area (Å²) in [7, 11) is 0. The Morgan fingerprint density at radius 1 is 1.24 bits per heavy atom. The monoisotopic (exact) mass is 310 g/mol. The Hall–Kier alpha value is -1.95. The average molecular weight is 311 g/mol. The summed E-state index contributed by atoms with van der Waals surface area (Å²) in [5.74, 6) is 1.96. The summed E-state index contributed by atoms with van der Waals surface area (Å²) in [4.78, 5) is 4.00. The van der Waals surface area contributed by atoms with Crippen molar-refractivity contribution in [2.75, 3.05) is 18.5 Å². The second kappa shape index (κ2) is 7.73. The first-order valence-electron chi connectivity index (χ1n) is 6.91. The molecule has 0 radical (unpaired) electrons. The van der Waals surface area contributed by atoms with Crippen LogP contribution in [0.25, 0.3) is 0 Å². The van der Waals surface area contributed by atoms with Crippen LogP contribution in [0.1, 0.15) is 25.8 Å². The third kappa shape index (κ3) is 4.26. The Morgan fingerprint density at radius 3 is 2.71 bits per heavy atom. The number of nitrogens with one attached hydrogen (secondary N) is 2. The van der Waals surface area contributed by atoms with E-state index in [1.165, 1.54) is 6.33 Å². The van der Waals surface area contributed by atoms with Gasteiger partial charge in [-0.3, -0.25) is 0 Å². The quantitative estimate of drug-likeness (QED) is 0.783. The van der Waals surface area contributed by atoms with Crippen LogP contribution in [-0.2, 0) is 6.54 Å². The number of nitrogens with zero attached hydrogens (tertiary/aromatic N) is 2. The van der Waals surface area contributed by atoms with E-state index in [1.54, 1.807) is 6.07 Å². The van der Waals surface area contributed by atoms with Crippen LogP contribution in [0.15, 0.2) is 18.5 Å². The third-order valence-corrected chi connectivity index (χ3v) is 3.09. The number of aromatic nitrogens is 3. The van der Waals surface area contributed by atoms with Crippen molar-refractivity contribution in [3.63, 3.8) is 0 Å². The van der Waals surface area contributed by atoms with E-state index in [0.29, 0.717) is 42.2 Å². The van der Waals surface area contributed by atoms with Gasteiger partial charge in [0, 0.05) is 17.6 Å². The maximum Gasteiger partial charge on any atom is 0.218 e. The van der Waals surface area contributed by atoms with Gasteiger partial charge in [-0.1, -0.05) is 18.5 Å². The predicted molar refractivity (Wildman–Crippen MR) is 82.1 cm³/mol. The SMILES string of the molecule is CCCOc1cc(Cl)c(CNc2ncn[nH]2)cc1OCC. The number of anilines is 1. The number of H-pyrrole nitrogens is 1. The van der Waals surface area contributed by atoms with Crippen molar-refractivity contribution in [2.45, 2.75) is 26.8 Å². The molecule has 6 nitrogen and oxygen atoms in total. The van der Waals surface area contributed by atoms with Gasteiger partial charge in [0.05, 0.1) is 13.2 Å². The number of hydrogen-bond acceptors (Lipinski definition) is 5. The Morgan fingerprint density at radius 2 is 2.05 bits per heavy atom. The lowest BCUT2D eigenvalue weighted by atomic mass is 10.2. The number of benzene rings is 1. The van der Waals surface area contributed by atoms with Crippen LogP contribution in [0.2, 0.25) is 5.02 Å². The molecular formula is C14H19ClN4O2. The molecule has 0 spiro atoms. The minimum Gasteiger partial charge on any atom is -0.490 e. The summed E-state index contributed by atoms with van der Waals surface area (Å²) in [6, 6.07) is 3.68. The molecule has 0 atom stereocenters. The van der Waals surface area contributed by atoms with E-state index >= 15 is 0 Å². The Labute approximate surface area is 128 Å². The highest BCUT2D eigenvalue weighted by Gasteiger charge is 2.11. The van der Waals surface area contributed by atoms with E-state index in [0.717, 1.165) is 12.0 Å². The van der Waals surface area contributed by atoms with Crippen LogP contribution in [0.5, 0.6) is 11.5 Å². The second-order valence-electron chi connectivity index (χ2n) is 4.36. The standard InChI is InChI=1S/C14H19ClN4O2/c1-3-5-21-13-7-11(15)10(6-12(13)20-4-2)8-16-14-17-9-18-19-14/h6-7,9H,3-5,8H2,1-2H3,(H2,16,17,18,19). The highest BCUT2D eigenvalue weighted by atomic mass is 35.5. The van der Waals surface area contributed by atoms with E-state index in [9.17, 15) is 0 Å². The molecule has 0 saturated carbocycles. The van der Waals surface area contributed by atoms with Gasteiger partial charge in [-0.2, -0.15) is 5.10 Å². The van der Waals surface area contributed by atoms with Crippen LogP contribution >= 0.6 is 11.6 Å². The van der Waals surface area contributed by atoms with Crippen LogP contribution in [0.3, 0.4) is 0 Å². The molecule has 1 aromatic carbocycles. The lowest BCUT2D eigenvalue weighted by molar-refractivity contribution is 0.276. The van der Waals surface area contributed by atoms with Gasteiger partial charge >= 0.3 is 0 Å². The van der Waals surface area contributed by atoms with Crippen molar-refractivity contribution >= 4 is 17.5 Å². The summed E-state index contributed by atoms with van der Waals surface area (Å²) in [5.41, 5.74) is 0.903. The van der Waals surface area contributed by atoms with Crippen LogP contribution in [-0.4, -0.2) is 28.4 Å². The highest BCUT2D eigenvalue weighted by molar-refractivity contribution is 6.31. The Kier molecular flexibility index (Phi) is 5.68. The molecule has 0 aliphatic carbocycles. The smallest absolute Gasteiger partial charge is 0.218 e. The highest BCUT2D eigenvalue weighted by Crippen LogP contribution is 2.34. The predicted octanol–water partition coefficient (Wildman–Crippen LogP) is 3.26. The summed E-state index contributed by atoms with van der Waals surface area (Å²) in [5, 5.41) is 10.2. The number of ether oxygens (including phenoxy) is 2. The van der Waals surface area contributed by atoms with Gasteiger partial charge in [-0.25, -0.2) is 10.1 Å². The maximum absolute atomic E-state index is 6.30. The molecular weight excluding hydrogens is 292 g/mol. The van der Waals surface area contributed by atoms with E-state index in [1.807, 2.05) is 13.0 Å². The fourth-order valence-corrected chi connectivity index (χ4v) is 2.00. The minimum absolute atomic E-state index is 0.516. The van der Waals surface area contributed by atoms with Crippen molar-refractivity contribution in [2.24, 2.45) is 0 Å². The molecule has 0 saturated heterocycles. The molecule has 2 aromatic rings. The van der Waals surface area contributed by atoms with Gasteiger partial charge in [0.25, 0.3) is 0 Å². The first kappa shape index (κ1) is 15.4. The first-order chi connectivity index (χ1) is 10.2. The molecule has 2 N–H and O–H groups in total. The fourth-order valence-electron chi connectivity index (χ4n) is 1.78. The molecule has 2 rings (SSSR count). The topological polar surface area (TPSA) is 72.1 Å². The van der Waals surface area contributed by atoms with Crippen LogP contribution in [0, 0.1) is 0 Å². The molecule has 114 valence electrons. The lowest BCUT2D eigenvalue weighted by Crippen LogP contribution is -2.05. The summed E-state index contributed by atoms with van der Waals surface area (Å²) in [6.07, 6.45) is 2.37. The zero-order chi connectivity index (χ0) is 15.1. The van der Waals surface area contributed by atoms with Crippen molar-refractivity contribution in [3.05, 3.63) is 29.0 Å². The van der Waals surface area contributed by atoms with Gasteiger partial charge < -0.3 is 14.8 Å². The van der Waals surface area contributed by atoms with E-state index < -0.39 is 0 Å². The van der Waals surface area contributed by atoms with Crippen LogP contribution in [0.4, 0.5) is 5.95 Å². The molecule has 0 aliphatic heterocycles. The minimum atomic E-state index is 0.516. The third-order valence-electron chi connectivity index (χ3n) is 2.74. The molecule has 0 fully saturated rings. The van der Waals surface area contributed by atoms with E-state index in [-0.39, 0.29) is 0 Å². The van der Waals surface area contributed by atoms with Gasteiger partial charge in [-0.15, -0.1) is 0 Å². The van der Waals surface area contributed by atoms with Gasteiger partial charge in [0.1, 0.15) is 6.33 Å². The van der Waals surface area contributed by atoms with Gasteiger partial charge in [-0.05, 0) is 25.0 Å². The zero-order valence-corrected chi connectivity index (χ0v) is 12.9. The largest absolute Gasteiger partial charge is 0.490 e. The van der Waals surface area contributed by atoms with Crippen molar-refractivity contribution < 1.29 is 9.47 Å². The van der Waals surface area contributed by atoms with Gasteiger partial charge in [0.2, 0.25) is 5.95 Å². The number of halogens is 1. The molecule has 0 aliphatic rings. The second-order valence-corrected chi connectivity index (χ2v) is 4.77. The zero-order valence-electron chi connectivity index (χ0n) is 12.1. The Balaban J connectivity index is 2.14.